The predicted octanol–water partition coefficient (Wildman–Crippen LogP) is 6.04. The third kappa shape index (κ3) is 4.95. The van der Waals surface area contributed by atoms with Crippen molar-refractivity contribution in [1.82, 2.24) is 4.98 Å². The molecule has 1 aromatic heterocycles. The first kappa shape index (κ1) is 25.0. The molecule has 1 saturated heterocycles. The van der Waals surface area contributed by atoms with Crippen LogP contribution < -0.4 is 9.64 Å². The van der Waals surface area contributed by atoms with Crippen LogP contribution in [0.5, 0.6) is 5.75 Å². The van der Waals surface area contributed by atoms with E-state index in [1.54, 1.807) is 31.2 Å². The molecule has 0 radical (unpaired) electrons. The van der Waals surface area contributed by atoms with E-state index < -0.39 is 29.8 Å². The molecule has 1 aliphatic rings. The number of anilines is 1. The Morgan fingerprint density at radius 3 is 2.17 bits per heavy atom. The van der Waals surface area contributed by atoms with Crippen LogP contribution in [0.25, 0.3) is 5.76 Å². The van der Waals surface area contributed by atoms with Crippen molar-refractivity contribution in [3.05, 3.63) is 94.8 Å². The monoisotopic (exact) mass is 496 g/mol. The zero-order valence-corrected chi connectivity index (χ0v) is 19.7. The summed E-state index contributed by atoms with van der Waals surface area (Å²) in [5, 5.41) is 11.2. The second kappa shape index (κ2) is 9.49. The molecule has 9 heteroatoms. The Bertz CT molecular complexity index is 1310. The van der Waals surface area contributed by atoms with Gasteiger partial charge in [-0.1, -0.05) is 50.2 Å². The molecule has 1 atom stereocenters. The fourth-order valence-corrected chi connectivity index (χ4v) is 4.05. The number of aliphatic hydroxyl groups is 1. The van der Waals surface area contributed by atoms with Crippen LogP contribution in [-0.4, -0.2) is 28.1 Å². The highest BCUT2D eigenvalue weighted by atomic mass is 19.4. The van der Waals surface area contributed by atoms with Gasteiger partial charge in [0, 0.05) is 11.3 Å². The molecule has 3 aromatic rings. The quantitative estimate of drug-likeness (QED) is 0.265. The molecule has 1 aliphatic heterocycles. The van der Waals surface area contributed by atoms with Gasteiger partial charge in [-0.15, -0.1) is 13.2 Å². The number of benzene rings is 2. The highest BCUT2D eigenvalue weighted by Gasteiger charge is 2.47. The van der Waals surface area contributed by atoms with E-state index in [2.05, 4.69) is 9.72 Å². The zero-order valence-electron chi connectivity index (χ0n) is 19.7. The van der Waals surface area contributed by atoms with E-state index in [1.807, 2.05) is 26.0 Å². The van der Waals surface area contributed by atoms with E-state index in [-0.39, 0.29) is 17.3 Å². The minimum Gasteiger partial charge on any atom is -0.507 e. The number of aryl methyl sites for hydroxylation is 1. The van der Waals surface area contributed by atoms with Crippen LogP contribution in [0, 0.1) is 6.92 Å². The van der Waals surface area contributed by atoms with Gasteiger partial charge in [-0.3, -0.25) is 19.5 Å². The van der Waals surface area contributed by atoms with E-state index >= 15 is 0 Å². The van der Waals surface area contributed by atoms with Crippen molar-refractivity contribution in [1.29, 1.82) is 0 Å². The van der Waals surface area contributed by atoms with Crippen molar-refractivity contribution in [2.24, 2.45) is 0 Å². The van der Waals surface area contributed by atoms with Gasteiger partial charge in [0.2, 0.25) is 0 Å². The lowest BCUT2D eigenvalue weighted by Crippen LogP contribution is -2.29. The number of hydrogen-bond donors (Lipinski definition) is 1. The fraction of sp³-hybridized carbons (Fsp3) is 0.222. The van der Waals surface area contributed by atoms with Gasteiger partial charge in [-0.25, -0.2) is 0 Å². The Balaban J connectivity index is 1.85. The van der Waals surface area contributed by atoms with Gasteiger partial charge < -0.3 is 9.84 Å². The van der Waals surface area contributed by atoms with E-state index in [4.69, 9.17) is 0 Å². The largest absolute Gasteiger partial charge is 0.573 e. The molecular weight excluding hydrogens is 473 g/mol. The molecule has 2 aromatic carbocycles. The number of Topliss-reactive ketones (excluding diaryl/α,β-unsaturated/α-hetero) is 1. The highest BCUT2D eigenvalue weighted by Crippen LogP contribution is 2.42. The van der Waals surface area contributed by atoms with Crippen LogP contribution in [-0.2, 0) is 9.59 Å². The minimum absolute atomic E-state index is 0.178. The molecule has 1 N–H and O–H groups in total. The van der Waals surface area contributed by atoms with Gasteiger partial charge in [0.15, 0.2) is 0 Å². The summed E-state index contributed by atoms with van der Waals surface area (Å²) >= 11 is 0. The zero-order chi connectivity index (χ0) is 26.2. The van der Waals surface area contributed by atoms with Crippen molar-refractivity contribution in [2.45, 2.75) is 39.1 Å². The number of carbonyl (C=O) groups is 2. The number of rotatable bonds is 5. The Morgan fingerprint density at radius 2 is 1.64 bits per heavy atom. The molecule has 186 valence electrons. The normalized spacial score (nSPS) is 17.6. The van der Waals surface area contributed by atoms with Gasteiger partial charge in [0.1, 0.15) is 11.5 Å². The topological polar surface area (TPSA) is 79.7 Å². The Kier molecular flexibility index (Phi) is 6.58. The number of hydrogen-bond acceptors (Lipinski definition) is 5. The van der Waals surface area contributed by atoms with Gasteiger partial charge in [-0.05, 0) is 48.2 Å². The minimum atomic E-state index is -4.87. The second-order valence-corrected chi connectivity index (χ2v) is 8.72. The molecule has 4 rings (SSSR count). The first-order chi connectivity index (χ1) is 17.0. The summed E-state index contributed by atoms with van der Waals surface area (Å²) in [4.78, 5) is 31.7. The average Bonchev–Trinajstić information content (AvgIpc) is 3.09. The van der Waals surface area contributed by atoms with Crippen LogP contribution in [0.2, 0.25) is 0 Å². The third-order valence-corrected chi connectivity index (χ3v) is 5.90. The summed E-state index contributed by atoms with van der Waals surface area (Å²) in [7, 11) is 0. The number of aromatic nitrogens is 1. The predicted molar refractivity (Wildman–Crippen MR) is 127 cm³/mol. The number of amides is 1. The SMILES string of the molecule is Cc1ccc(N2C(=O)C(=O)C(=C(O)c3ccc(C(C)C)cc3)C2c2ccc(OC(F)(F)F)cc2)cn1. The van der Waals surface area contributed by atoms with Crippen LogP contribution >= 0.6 is 0 Å². The van der Waals surface area contributed by atoms with Crippen molar-refractivity contribution in [2.75, 3.05) is 4.90 Å². The number of pyridine rings is 1. The van der Waals surface area contributed by atoms with Crippen LogP contribution in [0.3, 0.4) is 0 Å². The summed E-state index contributed by atoms with van der Waals surface area (Å²) in [6.45, 7) is 5.79. The molecule has 0 saturated carbocycles. The molecule has 1 fully saturated rings. The van der Waals surface area contributed by atoms with Gasteiger partial charge in [0.05, 0.1) is 23.5 Å². The van der Waals surface area contributed by atoms with Crippen LogP contribution in [0.15, 0.2) is 72.4 Å². The lowest BCUT2D eigenvalue weighted by molar-refractivity contribution is -0.274. The molecule has 6 nitrogen and oxygen atoms in total. The summed E-state index contributed by atoms with van der Waals surface area (Å²) in [6, 6.07) is 13.9. The first-order valence-electron chi connectivity index (χ1n) is 11.2. The molecule has 0 bridgehead atoms. The summed E-state index contributed by atoms with van der Waals surface area (Å²) in [6.07, 6.45) is -3.45. The molecule has 2 heterocycles. The van der Waals surface area contributed by atoms with E-state index in [9.17, 15) is 27.9 Å². The van der Waals surface area contributed by atoms with Crippen LogP contribution in [0.1, 0.15) is 48.2 Å². The van der Waals surface area contributed by atoms with Gasteiger partial charge >= 0.3 is 6.36 Å². The smallest absolute Gasteiger partial charge is 0.507 e. The molecule has 0 aliphatic carbocycles. The van der Waals surface area contributed by atoms with E-state index in [0.29, 0.717) is 22.5 Å². The maximum atomic E-state index is 13.2. The summed E-state index contributed by atoms with van der Waals surface area (Å²) in [5.41, 5.74) is 2.48. The van der Waals surface area contributed by atoms with E-state index in [0.717, 1.165) is 17.7 Å². The lowest BCUT2D eigenvalue weighted by atomic mass is 9.94. The second-order valence-electron chi connectivity index (χ2n) is 8.72. The number of halogens is 3. The standard InChI is InChI=1S/C27H23F3N2O4/c1-15(2)17-5-7-19(8-6-17)24(33)22-23(18-9-12-21(13-10-18)36-27(28,29)30)32(26(35)25(22)34)20-11-4-16(3)31-14-20/h4-15,23,33H,1-3H3. The number of ether oxygens (including phenoxy) is 1. The molecular formula is C27H23F3N2O4. The number of carbonyl (C=O) groups excluding carboxylic acids is 2. The number of alkyl halides is 3. The number of aliphatic hydroxyl groups excluding tert-OH is 1. The van der Waals surface area contributed by atoms with Crippen molar-refractivity contribution >= 4 is 23.1 Å². The molecule has 0 spiro atoms. The first-order valence-corrected chi connectivity index (χ1v) is 11.2. The third-order valence-electron chi connectivity index (χ3n) is 5.90. The number of nitrogens with zero attached hydrogens (tertiary/aromatic N) is 2. The fourth-order valence-electron chi connectivity index (χ4n) is 4.05. The molecule has 36 heavy (non-hydrogen) atoms. The van der Waals surface area contributed by atoms with Gasteiger partial charge in [-0.2, -0.15) is 0 Å². The molecule has 1 amide bonds. The maximum Gasteiger partial charge on any atom is 0.573 e. The number of ketones is 1. The van der Waals surface area contributed by atoms with Crippen molar-refractivity contribution < 1.29 is 32.6 Å². The van der Waals surface area contributed by atoms with E-state index in [1.165, 1.54) is 23.2 Å². The van der Waals surface area contributed by atoms with Crippen LogP contribution in [0.4, 0.5) is 18.9 Å². The summed E-state index contributed by atoms with van der Waals surface area (Å²) in [5.74, 6) is -2.39. The maximum absolute atomic E-state index is 13.2. The Morgan fingerprint density at radius 1 is 1.00 bits per heavy atom. The lowest BCUT2D eigenvalue weighted by Gasteiger charge is -2.25. The van der Waals surface area contributed by atoms with Crippen molar-refractivity contribution in [3.63, 3.8) is 0 Å². The highest BCUT2D eigenvalue weighted by molar-refractivity contribution is 6.51. The Hall–Kier alpha value is -4.14. The summed E-state index contributed by atoms with van der Waals surface area (Å²) < 4.78 is 41.8. The average molecular weight is 496 g/mol. The molecule has 1 unspecified atom stereocenters. The van der Waals surface area contributed by atoms with Crippen molar-refractivity contribution in [3.8, 4) is 5.75 Å². The Labute approximate surface area is 205 Å². The van der Waals surface area contributed by atoms with Gasteiger partial charge in [0.25, 0.3) is 11.7 Å².